The highest BCUT2D eigenvalue weighted by atomic mass is 32.1. The molecule has 1 aliphatic carbocycles. The number of hydrogen-bond donors (Lipinski definition) is 2. The average molecular weight is 498 g/mol. The number of halogens is 3. The van der Waals surface area contributed by atoms with Crippen LogP contribution in [0.1, 0.15) is 51.6 Å². The maximum atomic E-state index is 15.6. The van der Waals surface area contributed by atoms with Crippen LogP contribution in [-0.4, -0.2) is 36.4 Å². The zero-order valence-electron chi connectivity index (χ0n) is 19.5. The number of thiol groups is 1. The molecule has 1 saturated carbocycles. The number of hydrogen-bond acceptors (Lipinski definition) is 6. The smallest absolute Gasteiger partial charge is 0.387 e. The summed E-state index contributed by atoms with van der Waals surface area (Å²) < 4.78 is 55.0. The molecule has 2 N–H and O–H groups in total. The number of ether oxygens (including phenoxy) is 2. The van der Waals surface area contributed by atoms with Gasteiger partial charge in [-0.1, -0.05) is 6.58 Å². The van der Waals surface area contributed by atoms with Gasteiger partial charge in [-0.3, -0.25) is 4.79 Å². The summed E-state index contributed by atoms with van der Waals surface area (Å²) in [6.45, 7) is 7.21. The second-order valence-electron chi connectivity index (χ2n) is 9.55. The maximum Gasteiger partial charge on any atom is 0.387 e. The number of benzene rings is 1. The van der Waals surface area contributed by atoms with Gasteiger partial charge in [-0.2, -0.15) is 8.78 Å². The second kappa shape index (κ2) is 9.03. The van der Waals surface area contributed by atoms with Gasteiger partial charge in [0, 0.05) is 24.7 Å². The van der Waals surface area contributed by atoms with Crippen molar-refractivity contribution in [1.82, 2.24) is 4.57 Å². The number of rotatable bonds is 8. The standard InChI is InChI=1S/C24H30F3N3O3S/c1-5-32-12(2)17-20(31)15-10-16(25)19(29-9-8-13(11-29)24(3,4)28)21(33-23(26)27)18(15)30(22(17)34)14-6-7-14/h10,13-14,23,34H,2,5-9,11,28H2,1,3-4H3. The SMILES string of the molecule is C=C(OCC)c1c(S)n(C2CC2)c2c(OC(F)F)c(N3CCC(C(C)(C)N)C3)c(F)cc2c1=O. The highest BCUT2D eigenvalue weighted by molar-refractivity contribution is 7.80. The molecular weight excluding hydrogens is 467 g/mol. The monoisotopic (exact) mass is 497 g/mol. The van der Waals surface area contributed by atoms with Crippen LogP contribution in [0.25, 0.3) is 16.7 Å². The predicted molar refractivity (Wildman–Crippen MR) is 130 cm³/mol. The fourth-order valence-electron chi connectivity index (χ4n) is 4.73. The Labute approximate surface area is 201 Å². The molecular formula is C24H30F3N3O3S. The first kappa shape index (κ1) is 24.8. The molecule has 10 heteroatoms. The van der Waals surface area contributed by atoms with Crippen molar-refractivity contribution in [1.29, 1.82) is 0 Å². The van der Waals surface area contributed by atoms with E-state index >= 15 is 4.39 Å². The Morgan fingerprint density at radius 1 is 1.35 bits per heavy atom. The molecule has 1 aromatic heterocycles. The summed E-state index contributed by atoms with van der Waals surface area (Å²) in [4.78, 5) is 15.1. The van der Waals surface area contributed by atoms with Crippen molar-refractivity contribution < 1.29 is 22.6 Å². The van der Waals surface area contributed by atoms with Crippen molar-refractivity contribution in [3.63, 3.8) is 0 Å². The number of nitrogens with zero attached hydrogens (tertiary/aromatic N) is 2. The molecule has 1 saturated heterocycles. The van der Waals surface area contributed by atoms with Crippen LogP contribution in [0.3, 0.4) is 0 Å². The summed E-state index contributed by atoms with van der Waals surface area (Å²) in [7, 11) is 0. The van der Waals surface area contributed by atoms with Gasteiger partial charge in [-0.15, -0.1) is 12.6 Å². The number of fused-ring (bicyclic) bond motifs is 1. The third-order valence-corrected chi connectivity index (χ3v) is 7.06. The van der Waals surface area contributed by atoms with Crippen molar-refractivity contribution in [3.8, 4) is 5.75 Å². The Kier molecular flexibility index (Phi) is 6.58. The molecule has 0 amide bonds. The van der Waals surface area contributed by atoms with Gasteiger partial charge in [0.1, 0.15) is 11.4 Å². The summed E-state index contributed by atoms with van der Waals surface area (Å²) in [5.74, 6) is -1.03. The summed E-state index contributed by atoms with van der Waals surface area (Å²) in [6.07, 6.45) is 2.20. The van der Waals surface area contributed by atoms with Gasteiger partial charge in [-0.05, 0) is 52.0 Å². The van der Waals surface area contributed by atoms with Crippen molar-refractivity contribution in [3.05, 3.63) is 34.2 Å². The fraction of sp³-hybridized carbons (Fsp3) is 0.542. The number of anilines is 1. The Morgan fingerprint density at radius 2 is 2.03 bits per heavy atom. The Bertz CT molecular complexity index is 1190. The fourth-order valence-corrected chi connectivity index (χ4v) is 5.22. The Hall–Kier alpha value is -2.33. The van der Waals surface area contributed by atoms with Crippen LogP contribution >= 0.6 is 12.6 Å². The van der Waals surface area contributed by atoms with Gasteiger partial charge < -0.3 is 24.7 Å². The van der Waals surface area contributed by atoms with E-state index in [9.17, 15) is 13.6 Å². The lowest BCUT2D eigenvalue weighted by atomic mass is 9.88. The molecule has 2 aliphatic rings. The zero-order valence-corrected chi connectivity index (χ0v) is 20.4. The van der Waals surface area contributed by atoms with E-state index in [0.29, 0.717) is 19.5 Å². The molecule has 2 fully saturated rings. The van der Waals surface area contributed by atoms with Gasteiger partial charge in [0.25, 0.3) is 0 Å². The highest BCUT2D eigenvalue weighted by Gasteiger charge is 2.38. The van der Waals surface area contributed by atoms with E-state index in [4.69, 9.17) is 15.2 Å². The molecule has 1 aromatic carbocycles. The van der Waals surface area contributed by atoms with Gasteiger partial charge in [0.15, 0.2) is 11.6 Å². The van der Waals surface area contributed by atoms with E-state index in [-0.39, 0.29) is 57.3 Å². The summed E-state index contributed by atoms with van der Waals surface area (Å²) >= 11 is 4.58. The van der Waals surface area contributed by atoms with E-state index in [1.165, 1.54) is 0 Å². The third kappa shape index (κ3) is 4.37. The first-order valence-corrected chi connectivity index (χ1v) is 11.8. The van der Waals surface area contributed by atoms with Crippen LogP contribution in [-0.2, 0) is 4.74 Å². The van der Waals surface area contributed by atoms with Gasteiger partial charge in [-0.25, -0.2) is 4.39 Å². The molecule has 2 aromatic rings. The van der Waals surface area contributed by atoms with E-state index in [1.54, 1.807) is 16.4 Å². The molecule has 4 rings (SSSR count). The van der Waals surface area contributed by atoms with Crippen LogP contribution in [0, 0.1) is 11.7 Å². The van der Waals surface area contributed by atoms with E-state index in [1.807, 2.05) is 13.8 Å². The second-order valence-corrected chi connectivity index (χ2v) is 9.97. The lowest BCUT2D eigenvalue weighted by molar-refractivity contribution is -0.0488. The molecule has 0 radical (unpaired) electrons. The highest BCUT2D eigenvalue weighted by Crippen LogP contribution is 2.47. The topological polar surface area (TPSA) is 69.7 Å². The number of pyridine rings is 1. The van der Waals surface area contributed by atoms with Crippen molar-refractivity contribution in [2.75, 3.05) is 24.6 Å². The molecule has 0 bridgehead atoms. The first-order valence-electron chi connectivity index (χ1n) is 11.4. The molecule has 0 spiro atoms. The maximum absolute atomic E-state index is 15.6. The minimum absolute atomic E-state index is 0.0324. The van der Waals surface area contributed by atoms with E-state index < -0.39 is 23.4 Å². The number of alkyl halides is 2. The summed E-state index contributed by atoms with van der Waals surface area (Å²) in [5.41, 5.74) is 5.26. The molecule has 34 heavy (non-hydrogen) atoms. The Balaban J connectivity index is 2.02. The average Bonchev–Trinajstić information content (AvgIpc) is 3.43. The minimum Gasteiger partial charge on any atom is -0.494 e. The largest absolute Gasteiger partial charge is 0.494 e. The van der Waals surface area contributed by atoms with E-state index in [0.717, 1.165) is 18.9 Å². The normalized spacial score (nSPS) is 18.7. The molecule has 1 atom stereocenters. The van der Waals surface area contributed by atoms with Gasteiger partial charge >= 0.3 is 6.61 Å². The lowest BCUT2D eigenvalue weighted by Gasteiger charge is -2.29. The summed E-state index contributed by atoms with van der Waals surface area (Å²) in [6, 6.07) is 1.01. The molecule has 186 valence electrons. The van der Waals surface area contributed by atoms with Gasteiger partial charge in [0.2, 0.25) is 5.43 Å². The molecule has 1 unspecified atom stereocenters. The van der Waals surface area contributed by atoms with Crippen molar-refractivity contribution >= 4 is 35.0 Å². The molecule has 2 heterocycles. The van der Waals surface area contributed by atoms with Gasteiger partial charge in [0.05, 0.1) is 28.1 Å². The quantitative estimate of drug-likeness (QED) is 0.400. The zero-order chi connectivity index (χ0) is 24.9. The number of aromatic nitrogens is 1. The van der Waals surface area contributed by atoms with Crippen molar-refractivity contribution in [2.24, 2.45) is 11.7 Å². The summed E-state index contributed by atoms with van der Waals surface area (Å²) in [5, 5.41) is 0.157. The lowest BCUT2D eigenvalue weighted by Crippen LogP contribution is -2.42. The van der Waals surface area contributed by atoms with Crippen LogP contribution in [0.15, 0.2) is 22.5 Å². The molecule has 1 aliphatic heterocycles. The van der Waals surface area contributed by atoms with Crippen LogP contribution in [0.5, 0.6) is 5.75 Å². The number of nitrogens with two attached hydrogens (primary N) is 1. The van der Waals surface area contributed by atoms with E-state index in [2.05, 4.69) is 19.2 Å². The molecule has 6 nitrogen and oxygen atoms in total. The van der Waals surface area contributed by atoms with Crippen LogP contribution in [0.4, 0.5) is 18.9 Å². The predicted octanol–water partition coefficient (Wildman–Crippen LogP) is 4.94. The van der Waals surface area contributed by atoms with Crippen LogP contribution in [0.2, 0.25) is 0 Å². The minimum atomic E-state index is -3.21. The van der Waals surface area contributed by atoms with Crippen molar-refractivity contribution in [2.45, 2.75) is 63.3 Å². The Morgan fingerprint density at radius 3 is 2.56 bits per heavy atom. The third-order valence-electron chi connectivity index (χ3n) is 6.62. The van der Waals surface area contributed by atoms with Crippen LogP contribution < -0.4 is 20.8 Å². The first-order chi connectivity index (χ1) is 16.0.